The number of esters is 1. The standard InChI is InChI=1S/C26H22ClF8NO5/c1-10-13(23(37)39-22-18(31)16(29)15(28)17(30)19(22)32)7-14(27)21-20(10)40-24(2,41-21)11-3-5-12(6-4-11)36-25(8-38-9-25)26(33,34)35/h7,11-12,36H,3-6,8-9H2,1-2H3. The Morgan fingerprint density at radius 1 is 0.951 bits per heavy atom. The Kier molecular flexibility index (Phi) is 7.35. The summed E-state index contributed by atoms with van der Waals surface area (Å²) in [7, 11) is 0. The Morgan fingerprint density at radius 3 is 2.00 bits per heavy atom. The van der Waals surface area contributed by atoms with Crippen LogP contribution in [0.3, 0.4) is 0 Å². The van der Waals surface area contributed by atoms with Crippen molar-refractivity contribution >= 4 is 17.6 Å². The summed E-state index contributed by atoms with van der Waals surface area (Å²) in [5.74, 6) is -16.5. The number of rotatable bonds is 5. The van der Waals surface area contributed by atoms with Gasteiger partial charge in [0.25, 0.3) is 5.79 Å². The van der Waals surface area contributed by atoms with E-state index in [1.165, 1.54) is 6.92 Å². The van der Waals surface area contributed by atoms with Crippen molar-refractivity contribution in [2.24, 2.45) is 5.92 Å². The Morgan fingerprint density at radius 2 is 1.49 bits per heavy atom. The zero-order chi connectivity index (χ0) is 30.1. The molecule has 1 saturated carbocycles. The van der Waals surface area contributed by atoms with Gasteiger partial charge in [-0.3, -0.25) is 5.32 Å². The van der Waals surface area contributed by atoms with E-state index in [2.05, 4.69) is 10.1 Å². The van der Waals surface area contributed by atoms with Crippen LogP contribution in [0.1, 0.15) is 48.5 Å². The summed E-state index contributed by atoms with van der Waals surface area (Å²) >= 11 is 6.30. The zero-order valence-corrected chi connectivity index (χ0v) is 22.2. The first-order valence-corrected chi connectivity index (χ1v) is 12.8. The first-order chi connectivity index (χ1) is 19.1. The van der Waals surface area contributed by atoms with E-state index in [9.17, 15) is 39.9 Å². The number of halogens is 9. The molecule has 1 N–H and O–H groups in total. The summed E-state index contributed by atoms with van der Waals surface area (Å²) in [5.41, 5.74) is -2.41. The number of hydrogen-bond donors (Lipinski definition) is 1. The molecule has 2 aromatic carbocycles. The highest BCUT2D eigenvalue weighted by Gasteiger charge is 2.61. The molecule has 5 rings (SSSR count). The molecular weight excluding hydrogens is 594 g/mol. The number of hydrogen-bond acceptors (Lipinski definition) is 6. The van der Waals surface area contributed by atoms with Crippen molar-refractivity contribution in [2.75, 3.05) is 13.2 Å². The number of carbonyl (C=O) groups excluding carboxylic acids is 1. The summed E-state index contributed by atoms with van der Waals surface area (Å²) in [4.78, 5) is 12.8. The summed E-state index contributed by atoms with van der Waals surface area (Å²) in [5, 5.41) is 2.54. The van der Waals surface area contributed by atoms with E-state index in [0.29, 0.717) is 25.7 Å². The van der Waals surface area contributed by atoms with E-state index in [-0.39, 0.29) is 28.0 Å². The number of benzene rings is 2. The topological polar surface area (TPSA) is 66.0 Å². The van der Waals surface area contributed by atoms with E-state index >= 15 is 0 Å². The van der Waals surface area contributed by atoms with Crippen molar-refractivity contribution in [1.82, 2.24) is 5.32 Å². The average molecular weight is 616 g/mol. The maximum atomic E-state index is 14.1. The second-order valence-corrected chi connectivity index (χ2v) is 10.9. The highest BCUT2D eigenvalue weighted by molar-refractivity contribution is 6.32. The van der Waals surface area contributed by atoms with E-state index in [1.807, 2.05) is 0 Å². The normalized spacial score (nSPS) is 25.1. The molecule has 1 saturated heterocycles. The molecule has 0 radical (unpaired) electrons. The van der Waals surface area contributed by atoms with Gasteiger partial charge >= 0.3 is 12.1 Å². The minimum Gasteiger partial charge on any atom is -0.448 e. The predicted octanol–water partition coefficient (Wildman–Crippen LogP) is 6.53. The number of carbonyl (C=O) groups is 1. The van der Waals surface area contributed by atoms with Gasteiger partial charge in [-0.25, -0.2) is 18.0 Å². The molecule has 0 aromatic heterocycles. The molecule has 2 aliphatic heterocycles. The molecule has 224 valence electrons. The van der Waals surface area contributed by atoms with Gasteiger partial charge in [-0.2, -0.15) is 22.0 Å². The highest BCUT2D eigenvalue weighted by atomic mass is 35.5. The maximum Gasteiger partial charge on any atom is 0.411 e. The lowest BCUT2D eigenvalue weighted by atomic mass is 9.80. The van der Waals surface area contributed by atoms with Gasteiger partial charge in [0.1, 0.15) is 0 Å². The van der Waals surface area contributed by atoms with Gasteiger partial charge in [-0.15, -0.1) is 0 Å². The monoisotopic (exact) mass is 615 g/mol. The number of ether oxygens (including phenoxy) is 4. The van der Waals surface area contributed by atoms with Crippen molar-refractivity contribution in [3.8, 4) is 17.2 Å². The number of alkyl halides is 3. The largest absolute Gasteiger partial charge is 0.448 e. The number of nitrogens with one attached hydrogen (secondary N) is 1. The second kappa shape index (κ2) is 10.2. The fourth-order valence-electron chi connectivity index (χ4n) is 5.33. The Bertz CT molecular complexity index is 1380. The average Bonchev–Trinajstić information content (AvgIpc) is 3.27. The van der Waals surface area contributed by atoms with Crippen LogP contribution >= 0.6 is 11.6 Å². The molecule has 0 spiro atoms. The molecule has 41 heavy (non-hydrogen) atoms. The summed E-state index contributed by atoms with van der Waals surface area (Å²) < 4.78 is 131. The molecular formula is C26H22ClF8NO5. The molecule has 6 nitrogen and oxygen atoms in total. The predicted molar refractivity (Wildman–Crippen MR) is 126 cm³/mol. The van der Waals surface area contributed by atoms with Gasteiger partial charge in [0, 0.05) is 24.4 Å². The lowest BCUT2D eigenvalue weighted by Crippen LogP contribution is -2.71. The SMILES string of the molecule is Cc1c(C(=O)Oc2c(F)c(F)c(F)c(F)c2F)cc(Cl)c2c1OC(C)(C1CCC(NC3(C(F)(F)F)COC3)CC1)O2. The van der Waals surface area contributed by atoms with E-state index < -0.39 is 83.1 Å². The van der Waals surface area contributed by atoms with Gasteiger partial charge in [-0.1, -0.05) is 11.6 Å². The van der Waals surface area contributed by atoms with Crippen molar-refractivity contribution < 1.29 is 58.9 Å². The smallest absolute Gasteiger partial charge is 0.411 e. The first-order valence-electron chi connectivity index (χ1n) is 12.5. The van der Waals surface area contributed by atoms with Crippen LogP contribution in [0.15, 0.2) is 6.07 Å². The van der Waals surface area contributed by atoms with E-state index in [4.69, 9.17) is 25.8 Å². The molecule has 3 aliphatic rings. The van der Waals surface area contributed by atoms with E-state index in [0.717, 1.165) is 6.07 Å². The molecule has 2 fully saturated rings. The van der Waals surface area contributed by atoms with Crippen LogP contribution in [0.4, 0.5) is 35.1 Å². The molecule has 2 aromatic rings. The second-order valence-electron chi connectivity index (χ2n) is 10.5. The fraction of sp³-hybridized carbons (Fsp3) is 0.500. The maximum absolute atomic E-state index is 14.1. The van der Waals surface area contributed by atoms with Crippen molar-refractivity contribution in [1.29, 1.82) is 0 Å². The molecule has 1 unspecified atom stereocenters. The molecule has 1 aliphatic carbocycles. The Hall–Kier alpha value is -2.84. The van der Waals surface area contributed by atoms with Crippen LogP contribution in [-0.4, -0.2) is 42.7 Å². The van der Waals surface area contributed by atoms with Gasteiger partial charge in [-0.05, 0) is 38.7 Å². The van der Waals surface area contributed by atoms with Gasteiger partial charge in [0.2, 0.25) is 34.8 Å². The fourth-order valence-corrected chi connectivity index (χ4v) is 5.57. The van der Waals surface area contributed by atoms with Crippen molar-refractivity contribution in [3.63, 3.8) is 0 Å². The minimum absolute atomic E-state index is 0.00718. The summed E-state index contributed by atoms with van der Waals surface area (Å²) in [6.45, 7) is 2.06. The molecule has 0 amide bonds. The quantitative estimate of drug-likeness (QED) is 0.136. The highest BCUT2D eigenvalue weighted by Crippen LogP contribution is 2.52. The Balaban J connectivity index is 1.31. The van der Waals surface area contributed by atoms with Crippen LogP contribution in [0, 0.1) is 41.9 Å². The van der Waals surface area contributed by atoms with Gasteiger partial charge in [0.15, 0.2) is 17.0 Å². The Labute approximate surface area is 232 Å². The summed E-state index contributed by atoms with van der Waals surface area (Å²) in [6.07, 6.45) is -2.86. The molecule has 2 heterocycles. The summed E-state index contributed by atoms with van der Waals surface area (Å²) in [6, 6.07) is 0.620. The van der Waals surface area contributed by atoms with Crippen LogP contribution in [0.5, 0.6) is 17.2 Å². The zero-order valence-electron chi connectivity index (χ0n) is 21.4. The van der Waals surface area contributed by atoms with Crippen LogP contribution in [0.25, 0.3) is 0 Å². The third-order valence-electron chi connectivity index (χ3n) is 7.82. The van der Waals surface area contributed by atoms with Crippen LogP contribution < -0.4 is 19.5 Å². The van der Waals surface area contributed by atoms with Crippen LogP contribution in [-0.2, 0) is 4.74 Å². The van der Waals surface area contributed by atoms with Crippen molar-refractivity contribution in [2.45, 2.75) is 63.1 Å². The van der Waals surface area contributed by atoms with Crippen molar-refractivity contribution in [3.05, 3.63) is 51.3 Å². The lowest BCUT2D eigenvalue weighted by molar-refractivity contribution is -0.271. The minimum atomic E-state index is -4.46. The van der Waals surface area contributed by atoms with Crippen LogP contribution in [0.2, 0.25) is 5.02 Å². The van der Waals surface area contributed by atoms with Gasteiger partial charge in [0.05, 0.1) is 23.8 Å². The first kappa shape index (κ1) is 29.6. The molecule has 0 bridgehead atoms. The lowest BCUT2D eigenvalue weighted by Gasteiger charge is -2.47. The third-order valence-corrected chi connectivity index (χ3v) is 8.10. The van der Waals surface area contributed by atoms with Gasteiger partial charge < -0.3 is 18.9 Å². The van der Waals surface area contributed by atoms with E-state index in [1.54, 1.807) is 6.92 Å². The number of fused-ring (bicyclic) bond motifs is 1. The molecule has 15 heteroatoms. The molecule has 1 atom stereocenters. The third kappa shape index (κ3) is 4.87.